The number of carbonyl (C=O) groups is 2. The molecule has 0 aliphatic carbocycles. The van der Waals surface area contributed by atoms with Gasteiger partial charge in [0.05, 0.1) is 5.69 Å². The maximum absolute atomic E-state index is 12.0. The molecule has 1 aromatic rings. The number of amides is 2. The molecule has 1 unspecified atom stereocenters. The van der Waals surface area contributed by atoms with Crippen molar-refractivity contribution >= 4 is 29.1 Å². The molecular weight excluding hydrogens is 280 g/mol. The zero-order valence-electron chi connectivity index (χ0n) is 10.6. The molecular formula is C14H13ClN2O3. The van der Waals surface area contributed by atoms with Gasteiger partial charge in [-0.05, 0) is 24.6 Å². The highest BCUT2D eigenvalue weighted by molar-refractivity contribution is 6.30. The first kappa shape index (κ1) is 14.4. The van der Waals surface area contributed by atoms with Crippen LogP contribution in [0.1, 0.15) is 18.4 Å². The highest BCUT2D eigenvalue weighted by Crippen LogP contribution is 2.20. The van der Waals surface area contributed by atoms with Gasteiger partial charge >= 0.3 is 0 Å². The standard InChI is InChI=1S/C14H13ClN2O3/c15-10-3-4-11(9(8-10)2-1-7-18)17-14(20)12-5-6-13(19)16-12/h3-4,8,12,18H,5-7H2,(H,16,19)(H,17,20). The van der Waals surface area contributed by atoms with Gasteiger partial charge in [0, 0.05) is 17.0 Å². The minimum absolute atomic E-state index is 0.124. The summed E-state index contributed by atoms with van der Waals surface area (Å²) in [7, 11) is 0. The molecule has 1 heterocycles. The summed E-state index contributed by atoms with van der Waals surface area (Å²) in [4.78, 5) is 23.1. The van der Waals surface area contributed by atoms with Gasteiger partial charge in [-0.1, -0.05) is 23.4 Å². The summed E-state index contributed by atoms with van der Waals surface area (Å²) in [6.45, 7) is -0.279. The third-order valence-corrected chi connectivity index (χ3v) is 3.09. The molecule has 1 saturated heterocycles. The van der Waals surface area contributed by atoms with Gasteiger partial charge in [0.1, 0.15) is 12.6 Å². The molecule has 104 valence electrons. The first-order chi connectivity index (χ1) is 9.60. The van der Waals surface area contributed by atoms with Crippen LogP contribution in [0.5, 0.6) is 0 Å². The van der Waals surface area contributed by atoms with Crippen molar-refractivity contribution in [1.29, 1.82) is 0 Å². The number of hydrogen-bond acceptors (Lipinski definition) is 3. The Bertz CT molecular complexity index is 604. The third kappa shape index (κ3) is 3.50. The Morgan fingerprint density at radius 2 is 2.35 bits per heavy atom. The lowest BCUT2D eigenvalue weighted by Crippen LogP contribution is -2.37. The van der Waals surface area contributed by atoms with Crippen molar-refractivity contribution in [3.63, 3.8) is 0 Å². The van der Waals surface area contributed by atoms with E-state index in [2.05, 4.69) is 22.5 Å². The van der Waals surface area contributed by atoms with E-state index in [1.807, 2.05) is 0 Å². The molecule has 0 aromatic heterocycles. The molecule has 1 aromatic carbocycles. The highest BCUT2D eigenvalue weighted by atomic mass is 35.5. The first-order valence-electron chi connectivity index (χ1n) is 6.09. The van der Waals surface area contributed by atoms with Gasteiger partial charge in [-0.3, -0.25) is 9.59 Å². The van der Waals surface area contributed by atoms with E-state index < -0.39 is 6.04 Å². The van der Waals surface area contributed by atoms with Gasteiger partial charge < -0.3 is 15.7 Å². The predicted octanol–water partition coefficient (Wildman–Crippen LogP) is 0.901. The quantitative estimate of drug-likeness (QED) is 0.709. The average molecular weight is 293 g/mol. The fraction of sp³-hybridized carbons (Fsp3) is 0.286. The van der Waals surface area contributed by atoms with Crippen molar-refractivity contribution in [2.75, 3.05) is 11.9 Å². The topological polar surface area (TPSA) is 78.4 Å². The molecule has 1 aliphatic rings. The maximum Gasteiger partial charge on any atom is 0.246 e. The van der Waals surface area contributed by atoms with Crippen LogP contribution >= 0.6 is 11.6 Å². The molecule has 3 N–H and O–H groups in total. The van der Waals surface area contributed by atoms with Crippen LogP contribution < -0.4 is 10.6 Å². The monoisotopic (exact) mass is 292 g/mol. The van der Waals surface area contributed by atoms with E-state index in [0.29, 0.717) is 29.1 Å². The largest absolute Gasteiger partial charge is 0.384 e. The Morgan fingerprint density at radius 1 is 1.55 bits per heavy atom. The molecule has 20 heavy (non-hydrogen) atoms. The van der Waals surface area contributed by atoms with E-state index in [9.17, 15) is 9.59 Å². The molecule has 1 aliphatic heterocycles. The average Bonchev–Trinajstić information content (AvgIpc) is 2.85. The number of anilines is 1. The second kappa shape index (κ2) is 6.42. The normalized spacial score (nSPS) is 17.1. The molecule has 1 fully saturated rings. The zero-order chi connectivity index (χ0) is 14.5. The summed E-state index contributed by atoms with van der Waals surface area (Å²) >= 11 is 5.88. The van der Waals surface area contributed by atoms with Gasteiger partial charge in [-0.25, -0.2) is 0 Å². The number of carbonyl (C=O) groups excluding carboxylic acids is 2. The van der Waals surface area contributed by atoms with Crippen LogP contribution in [-0.4, -0.2) is 29.6 Å². The van der Waals surface area contributed by atoms with Crippen LogP contribution in [0.4, 0.5) is 5.69 Å². The number of aliphatic hydroxyl groups is 1. The number of aliphatic hydroxyl groups excluding tert-OH is 1. The molecule has 2 rings (SSSR count). The van der Waals surface area contributed by atoms with Crippen LogP contribution in [0.2, 0.25) is 5.02 Å². The van der Waals surface area contributed by atoms with E-state index in [1.165, 1.54) is 0 Å². The second-order valence-electron chi connectivity index (χ2n) is 4.30. The summed E-state index contributed by atoms with van der Waals surface area (Å²) < 4.78 is 0. The summed E-state index contributed by atoms with van der Waals surface area (Å²) in [6, 6.07) is 4.36. The van der Waals surface area contributed by atoms with Crippen LogP contribution in [0.3, 0.4) is 0 Å². The maximum atomic E-state index is 12.0. The van der Waals surface area contributed by atoms with Gasteiger partial charge in [0.15, 0.2) is 0 Å². The van der Waals surface area contributed by atoms with Crippen molar-refractivity contribution in [2.45, 2.75) is 18.9 Å². The number of hydrogen-bond donors (Lipinski definition) is 3. The molecule has 6 heteroatoms. The Morgan fingerprint density at radius 3 is 3.00 bits per heavy atom. The lowest BCUT2D eigenvalue weighted by molar-refractivity contribution is -0.122. The molecule has 2 amide bonds. The van der Waals surface area contributed by atoms with E-state index >= 15 is 0 Å². The minimum atomic E-state index is -0.517. The van der Waals surface area contributed by atoms with Crippen LogP contribution in [0.15, 0.2) is 18.2 Å². The molecule has 0 radical (unpaired) electrons. The molecule has 1 atom stereocenters. The van der Waals surface area contributed by atoms with E-state index in [0.717, 1.165) is 0 Å². The number of halogens is 1. The number of benzene rings is 1. The van der Waals surface area contributed by atoms with Crippen LogP contribution in [-0.2, 0) is 9.59 Å². The summed E-state index contributed by atoms with van der Waals surface area (Å²) in [5, 5.41) is 14.5. The predicted molar refractivity (Wildman–Crippen MR) is 75.2 cm³/mol. The van der Waals surface area contributed by atoms with Gasteiger partial charge in [0.25, 0.3) is 0 Å². The Kier molecular flexibility index (Phi) is 4.61. The third-order valence-electron chi connectivity index (χ3n) is 2.85. The first-order valence-corrected chi connectivity index (χ1v) is 6.47. The fourth-order valence-electron chi connectivity index (χ4n) is 1.89. The number of rotatable bonds is 2. The van der Waals surface area contributed by atoms with Crippen molar-refractivity contribution in [1.82, 2.24) is 5.32 Å². The lowest BCUT2D eigenvalue weighted by Gasteiger charge is -2.12. The van der Waals surface area contributed by atoms with E-state index in [4.69, 9.17) is 16.7 Å². The lowest BCUT2D eigenvalue weighted by atomic mass is 10.1. The van der Waals surface area contributed by atoms with Crippen molar-refractivity contribution < 1.29 is 14.7 Å². The van der Waals surface area contributed by atoms with E-state index in [1.54, 1.807) is 18.2 Å². The Hall–Kier alpha value is -2.03. The van der Waals surface area contributed by atoms with Gasteiger partial charge in [0.2, 0.25) is 11.8 Å². The smallest absolute Gasteiger partial charge is 0.246 e. The minimum Gasteiger partial charge on any atom is -0.384 e. The number of nitrogens with one attached hydrogen (secondary N) is 2. The SMILES string of the molecule is O=C1CCC(C(=O)Nc2ccc(Cl)cc2C#CCO)N1. The molecule has 0 saturated carbocycles. The molecule has 0 bridgehead atoms. The van der Waals surface area contributed by atoms with Gasteiger partial charge in [-0.2, -0.15) is 0 Å². The second-order valence-corrected chi connectivity index (χ2v) is 4.73. The molecule has 0 spiro atoms. The zero-order valence-corrected chi connectivity index (χ0v) is 11.3. The van der Waals surface area contributed by atoms with Crippen molar-refractivity contribution in [3.8, 4) is 11.8 Å². The summed E-state index contributed by atoms with van der Waals surface area (Å²) in [6.07, 6.45) is 0.839. The Balaban J connectivity index is 2.16. The van der Waals surface area contributed by atoms with Crippen molar-refractivity contribution in [3.05, 3.63) is 28.8 Å². The van der Waals surface area contributed by atoms with Crippen LogP contribution in [0, 0.1) is 11.8 Å². The van der Waals surface area contributed by atoms with E-state index in [-0.39, 0.29) is 18.4 Å². The molecule has 5 nitrogen and oxygen atoms in total. The summed E-state index contributed by atoms with van der Waals surface area (Å²) in [5.74, 6) is 4.82. The van der Waals surface area contributed by atoms with Crippen molar-refractivity contribution in [2.24, 2.45) is 0 Å². The fourth-order valence-corrected chi connectivity index (χ4v) is 2.07. The summed E-state index contributed by atoms with van der Waals surface area (Å²) in [5.41, 5.74) is 1.02. The van der Waals surface area contributed by atoms with Gasteiger partial charge in [-0.15, -0.1) is 0 Å². The Labute approximate surface area is 121 Å². The highest BCUT2D eigenvalue weighted by Gasteiger charge is 2.27. The van der Waals surface area contributed by atoms with Crippen LogP contribution in [0.25, 0.3) is 0 Å².